The molecule has 100 valence electrons. The zero-order valence-corrected chi connectivity index (χ0v) is 11.1. The molecule has 3 heteroatoms. The number of nitrogens with zero attached hydrogens (tertiary/aromatic N) is 1. The van der Waals surface area contributed by atoms with Gasteiger partial charge in [0.15, 0.2) is 0 Å². The molecular weight excluding hydrogens is 238 g/mol. The minimum Gasteiger partial charge on any atom is -0.396 e. The molecule has 0 unspecified atom stereocenters. The lowest BCUT2D eigenvalue weighted by Crippen LogP contribution is -2.38. The van der Waals surface area contributed by atoms with E-state index in [4.69, 9.17) is 0 Å². The number of hydrogen-bond donors (Lipinski definition) is 1. The van der Waals surface area contributed by atoms with E-state index in [1.807, 2.05) is 24.3 Å². The molecular formula is C16H19NO2. The highest BCUT2D eigenvalue weighted by molar-refractivity contribution is 6.08. The molecule has 1 aromatic rings. The normalized spacial score (nSPS) is 21.0. The Kier molecular flexibility index (Phi) is 2.94. The van der Waals surface area contributed by atoms with Gasteiger partial charge in [0.05, 0.1) is 6.61 Å². The van der Waals surface area contributed by atoms with Crippen molar-refractivity contribution in [2.45, 2.75) is 25.7 Å². The van der Waals surface area contributed by atoms with Gasteiger partial charge in [-0.15, -0.1) is 0 Å². The first kappa shape index (κ1) is 12.4. The number of aliphatic hydroxyl groups excluding tert-OH is 1. The molecule has 1 N–H and O–H groups in total. The molecule has 0 bridgehead atoms. The van der Waals surface area contributed by atoms with Crippen molar-refractivity contribution >= 4 is 11.6 Å². The Labute approximate surface area is 113 Å². The second-order valence-corrected chi connectivity index (χ2v) is 5.75. The first-order valence-electron chi connectivity index (χ1n) is 6.88. The van der Waals surface area contributed by atoms with Crippen LogP contribution in [0.5, 0.6) is 0 Å². The van der Waals surface area contributed by atoms with Crippen LogP contribution in [-0.2, 0) is 0 Å². The third-order valence-electron chi connectivity index (χ3n) is 4.53. The Morgan fingerprint density at radius 2 is 1.84 bits per heavy atom. The van der Waals surface area contributed by atoms with Crippen LogP contribution in [-0.4, -0.2) is 29.1 Å². The summed E-state index contributed by atoms with van der Waals surface area (Å²) in [5, 5.41) is 9.70. The van der Waals surface area contributed by atoms with E-state index >= 15 is 0 Å². The molecule has 0 spiro atoms. The smallest absolute Gasteiger partial charge is 0.258 e. The van der Waals surface area contributed by atoms with Crippen molar-refractivity contribution in [1.29, 1.82) is 0 Å². The zero-order valence-electron chi connectivity index (χ0n) is 11.1. The number of benzene rings is 1. The summed E-state index contributed by atoms with van der Waals surface area (Å²) in [4.78, 5) is 14.2. The van der Waals surface area contributed by atoms with E-state index in [9.17, 15) is 9.90 Å². The largest absolute Gasteiger partial charge is 0.396 e. The minimum atomic E-state index is -0.124. The maximum Gasteiger partial charge on any atom is 0.258 e. The fourth-order valence-corrected chi connectivity index (χ4v) is 3.33. The van der Waals surface area contributed by atoms with E-state index in [0.717, 1.165) is 42.5 Å². The molecule has 1 aliphatic carbocycles. The molecule has 3 nitrogen and oxygen atoms in total. The maximum absolute atomic E-state index is 12.4. The summed E-state index contributed by atoms with van der Waals surface area (Å²) in [6, 6.07) is 7.60. The summed E-state index contributed by atoms with van der Waals surface area (Å²) in [5.74, 6) is 0.0281. The van der Waals surface area contributed by atoms with Gasteiger partial charge in [0, 0.05) is 28.8 Å². The van der Waals surface area contributed by atoms with E-state index in [1.165, 1.54) is 0 Å². The number of fused-ring (bicyclic) bond motifs is 1. The molecule has 3 rings (SSSR count). The van der Waals surface area contributed by atoms with Crippen LogP contribution in [0.1, 0.15) is 41.6 Å². The number of hydrogen-bond acceptors (Lipinski definition) is 2. The van der Waals surface area contributed by atoms with Gasteiger partial charge in [0.2, 0.25) is 0 Å². The van der Waals surface area contributed by atoms with Gasteiger partial charge in [-0.1, -0.05) is 37.6 Å². The Hall–Kier alpha value is -1.61. The SMILES string of the molecule is C=C1c2ccccc2C(=O)N1CC1(CO)CCCC1. The summed E-state index contributed by atoms with van der Waals surface area (Å²) in [7, 11) is 0. The van der Waals surface area contributed by atoms with E-state index in [2.05, 4.69) is 6.58 Å². The van der Waals surface area contributed by atoms with Crippen molar-refractivity contribution in [1.82, 2.24) is 4.90 Å². The van der Waals surface area contributed by atoms with Gasteiger partial charge in [-0.05, 0) is 18.9 Å². The third-order valence-corrected chi connectivity index (χ3v) is 4.53. The molecule has 0 saturated heterocycles. The molecule has 1 heterocycles. The first-order valence-corrected chi connectivity index (χ1v) is 6.88. The van der Waals surface area contributed by atoms with Crippen LogP contribution in [0.4, 0.5) is 0 Å². The fraction of sp³-hybridized carbons (Fsp3) is 0.438. The molecule has 2 aliphatic rings. The summed E-state index contributed by atoms with van der Waals surface area (Å²) in [5.41, 5.74) is 2.32. The summed E-state index contributed by atoms with van der Waals surface area (Å²) in [6.45, 7) is 4.80. The molecule has 1 amide bonds. The van der Waals surface area contributed by atoms with Gasteiger partial charge in [-0.2, -0.15) is 0 Å². The number of carbonyl (C=O) groups is 1. The molecule has 0 atom stereocenters. The van der Waals surface area contributed by atoms with Crippen molar-refractivity contribution in [2.24, 2.45) is 5.41 Å². The van der Waals surface area contributed by atoms with Crippen molar-refractivity contribution in [3.05, 3.63) is 42.0 Å². The van der Waals surface area contributed by atoms with Gasteiger partial charge in [0.1, 0.15) is 0 Å². The van der Waals surface area contributed by atoms with E-state index in [1.54, 1.807) is 4.90 Å². The molecule has 1 fully saturated rings. The van der Waals surface area contributed by atoms with Crippen molar-refractivity contribution in [3.63, 3.8) is 0 Å². The van der Waals surface area contributed by atoms with E-state index < -0.39 is 0 Å². The molecule has 1 aliphatic heterocycles. The summed E-state index contributed by atoms with van der Waals surface area (Å²) in [6.07, 6.45) is 4.28. The predicted octanol–water partition coefficient (Wildman–Crippen LogP) is 2.67. The summed E-state index contributed by atoms with van der Waals surface area (Å²) >= 11 is 0. The first-order chi connectivity index (χ1) is 9.17. The minimum absolute atomic E-state index is 0.0281. The summed E-state index contributed by atoms with van der Waals surface area (Å²) < 4.78 is 0. The number of carbonyl (C=O) groups excluding carboxylic acids is 1. The second kappa shape index (κ2) is 4.49. The van der Waals surface area contributed by atoms with Crippen LogP contribution in [0.3, 0.4) is 0 Å². The van der Waals surface area contributed by atoms with Gasteiger partial charge >= 0.3 is 0 Å². The van der Waals surface area contributed by atoms with Crippen LogP contribution in [0.25, 0.3) is 5.70 Å². The van der Waals surface area contributed by atoms with Gasteiger partial charge in [-0.25, -0.2) is 0 Å². The van der Waals surface area contributed by atoms with Crippen LogP contribution in [0, 0.1) is 5.41 Å². The second-order valence-electron chi connectivity index (χ2n) is 5.75. The third kappa shape index (κ3) is 1.89. The van der Waals surface area contributed by atoms with Crippen LogP contribution >= 0.6 is 0 Å². The number of aliphatic hydroxyl groups is 1. The molecule has 0 aromatic heterocycles. The highest BCUT2D eigenvalue weighted by Crippen LogP contribution is 2.41. The predicted molar refractivity (Wildman–Crippen MR) is 74.5 cm³/mol. The maximum atomic E-state index is 12.4. The Balaban J connectivity index is 1.88. The van der Waals surface area contributed by atoms with Crippen LogP contribution in [0.15, 0.2) is 30.8 Å². The molecule has 1 aromatic carbocycles. The average molecular weight is 257 g/mol. The lowest BCUT2D eigenvalue weighted by atomic mass is 9.86. The number of amides is 1. The lowest BCUT2D eigenvalue weighted by molar-refractivity contribution is 0.0685. The van der Waals surface area contributed by atoms with Gasteiger partial charge < -0.3 is 10.0 Å². The van der Waals surface area contributed by atoms with E-state index in [0.29, 0.717) is 6.54 Å². The van der Waals surface area contributed by atoms with E-state index in [-0.39, 0.29) is 17.9 Å². The molecule has 0 radical (unpaired) electrons. The molecule has 1 saturated carbocycles. The highest BCUT2D eigenvalue weighted by Gasteiger charge is 2.40. The zero-order chi connectivity index (χ0) is 13.5. The average Bonchev–Trinajstić information content (AvgIpc) is 3.00. The number of rotatable bonds is 3. The highest BCUT2D eigenvalue weighted by atomic mass is 16.3. The van der Waals surface area contributed by atoms with Crippen LogP contribution < -0.4 is 0 Å². The monoisotopic (exact) mass is 257 g/mol. The Morgan fingerprint density at radius 3 is 2.42 bits per heavy atom. The Bertz CT molecular complexity index is 494. The van der Waals surface area contributed by atoms with Crippen molar-refractivity contribution in [2.75, 3.05) is 13.2 Å². The van der Waals surface area contributed by atoms with Gasteiger partial charge in [-0.3, -0.25) is 4.79 Å². The van der Waals surface area contributed by atoms with Crippen LogP contribution in [0.2, 0.25) is 0 Å². The Morgan fingerprint density at radius 1 is 1.21 bits per heavy atom. The lowest BCUT2D eigenvalue weighted by Gasteiger charge is -2.32. The van der Waals surface area contributed by atoms with Gasteiger partial charge in [0.25, 0.3) is 5.91 Å². The molecule has 19 heavy (non-hydrogen) atoms. The van der Waals surface area contributed by atoms with Crippen molar-refractivity contribution in [3.8, 4) is 0 Å². The van der Waals surface area contributed by atoms with Crippen molar-refractivity contribution < 1.29 is 9.90 Å². The standard InChI is InChI=1S/C16H19NO2/c1-12-13-6-2-3-7-14(13)15(19)17(12)10-16(11-18)8-4-5-9-16/h2-3,6-7,18H,1,4-5,8-11H2. The topological polar surface area (TPSA) is 40.5 Å². The quantitative estimate of drug-likeness (QED) is 0.904. The fourth-order valence-electron chi connectivity index (χ4n) is 3.33.